The van der Waals surface area contributed by atoms with Gasteiger partial charge in [-0.15, -0.1) is 6.42 Å². The third kappa shape index (κ3) is 4.11. The minimum absolute atomic E-state index is 0.00572. The minimum Gasteiger partial charge on any atom is -0.340 e. The van der Waals surface area contributed by atoms with Crippen molar-refractivity contribution in [2.24, 2.45) is 0 Å². The number of hydrogen-bond donors (Lipinski definition) is 1. The second-order valence-electron chi connectivity index (χ2n) is 4.48. The summed E-state index contributed by atoms with van der Waals surface area (Å²) in [6.07, 6.45) is 6.16. The fourth-order valence-electron chi connectivity index (χ4n) is 1.50. The first-order valence-electron chi connectivity index (χ1n) is 5.92. The molecule has 0 bridgehead atoms. The van der Waals surface area contributed by atoms with Crippen LogP contribution in [0.5, 0.6) is 0 Å². The van der Waals surface area contributed by atoms with E-state index in [2.05, 4.69) is 11.2 Å². The predicted molar refractivity (Wildman–Crippen MR) is 72.5 cm³/mol. The number of nitrogens with zero attached hydrogens (tertiary/aromatic N) is 1. The molecule has 0 aromatic heterocycles. The molecule has 1 aromatic carbocycles. The van der Waals surface area contributed by atoms with Gasteiger partial charge in [-0.3, -0.25) is 14.9 Å². The molecule has 0 radical (unpaired) electrons. The molecule has 5 heteroatoms. The number of nitrogens with one attached hydrogen (secondary N) is 1. The average Bonchev–Trinajstić information content (AvgIpc) is 2.39. The van der Waals surface area contributed by atoms with E-state index in [9.17, 15) is 14.9 Å². The van der Waals surface area contributed by atoms with E-state index >= 15 is 0 Å². The second-order valence-corrected chi connectivity index (χ2v) is 4.48. The number of amides is 1. The van der Waals surface area contributed by atoms with Crippen molar-refractivity contribution in [1.82, 2.24) is 5.32 Å². The summed E-state index contributed by atoms with van der Waals surface area (Å²) in [5, 5.41) is 13.3. The van der Waals surface area contributed by atoms with E-state index in [0.29, 0.717) is 12.0 Å². The molecular weight excluding hydrogens is 244 g/mol. The number of terminal acetylenes is 1. The highest BCUT2D eigenvalue weighted by Crippen LogP contribution is 2.13. The maximum absolute atomic E-state index is 11.8. The third-order valence-electron chi connectivity index (χ3n) is 2.95. The van der Waals surface area contributed by atoms with Gasteiger partial charge in [0.1, 0.15) is 0 Å². The van der Waals surface area contributed by atoms with Gasteiger partial charge in [0.05, 0.1) is 16.9 Å². The summed E-state index contributed by atoms with van der Waals surface area (Å²) in [4.78, 5) is 21.9. The molecule has 100 valence electrons. The van der Waals surface area contributed by atoms with Gasteiger partial charge in [0, 0.05) is 12.1 Å². The molecule has 0 aliphatic carbocycles. The number of carbonyl (C=O) groups excluding carboxylic acids is 1. The van der Waals surface area contributed by atoms with Gasteiger partial charge < -0.3 is 5.32 Å². The van der Waals surface area contributed by atoms with E-state index < -0.39 is 10.5 Å². The molecule has 0 aliphatic heterocycles. The average molecular weight is 260 g/mol. The number of hydrogen-bond acceptors (Lipinski definition) is 3. The Bertz CT molecular complexity index is 516. The van der Waals surface area contributed by atoms with Crippen LogP contribution in [0.2, 0.25) is 0 Å². The molecule has 1 aromatic rings. The quantitative estimate of drug-likeness (QED) is 0.500. The third-order valence-corrected chi connectivity index (χ3v) is 2.95. The molecule has 1 rings (SSSR count). The van der Waals surface area contributed by atoms with Gasteiger partial charge in [-0.1, -0.05) is 25.0 Å². The maximum Gasteiger partial charge on any atom is 0.269 e. The van der Waals surface area contributed by atoms with Crippen LogP contribution >= 0.6 is 0 Å². The van der Waals surface area contributed by atoms with E-state index in [-0.39, 0.29) is 18.0 Å². The van der Waals surface area contributed by atoms with Crippen LogP contribution in [0.1, 0.15) is 25.8 Å². The van der Waals surface area contributed by atoms with Crippen molar-refractivity contribution in [2.45, 2.75) is 32.2 Å². The molecule has 0 unspecified atom stereocenters. The Morgan fingerprint density at radius 2 is 2.05 bits per heavy atom. The number of carbonyl (C=O) groups is 1. The lowest BCUT2D eigenvalue weighted by molar-refractivity contribution is -0.384. The number of non-ortho nitro benzene ring substituents is 1. The van der Waals surface area contributed by atoms with E-state index in [4.69, 9.17) is 6.42 Å². The Balaban J connectivity index is 2.68. The van der Waals surface area contributed by atoms with Crippen LogP contribution in [0, 0.1) is 22.5 Å². The van der Waals surface area contributed by atoms with Crippen molar-refractivity contribution >= 4 is 11.6 Å². The zero-order chi connectivity index (χ0) is 14.5. The summed E-state index contributed by atoms with van der Waals surface area (Å²) >= 11 is 0. The molecule has 1 atom stereocenters. The lowest BCUT2D eigenvalue weighted by atomic mass is 9.99. The SMILES string of the molecule is C#C[C@](C)(CC)NC(=O)Cc1ccc([N+](=O)[O-])cc1. The molecule has 1 amide bonds. The van der Waals surface area contributed by atoms with Crippen LogP contribution in [0.4, 0.5) is 5.69 Å². The van der Waals surface area contributed by atoms with Gasteiger partial charge in [-0.2, -0.15) is 0 Å². The Labute approximate surface area is 112 Å². The molecule has 0 saturated heterocycles. The highest BCUT2D eigenvalue weighted by Gasteiger charge is 2.21. The zero-order valence-corrected chi connectivity index (χ0v) is 11.0. The van der Waals surface area contributed by atoms with Gasteiger partial charge >= 0.3 is 0 Å². The Morgan fingerprint density at radius 3 is 2.47 bits per heavy atom. The Kier molecular flexibility index (Phi) is 4.65. The fraction of sp³-hybridized carbons (Fsp3) is 0.357. The van der Waals surface area contributed by atoms with Crippen molar-refractivity contribution in [3.05, 3.63) is 39.9 Å². The summed E-state index contributed by atoms with van der Waals surface area (Å²) in [5.41, 5.74) is 0.0578. The number of nitro benzene ring substituents is 1. The lowest BCUT2D eigenvalue weighted by Gasteiger charge is -2.23. The largest absolute Gasteiger partial charge is 0.340 e. The van der Waals surface area contributed by atoms with Crippen molar-refractivity contribution in [3.63, 3.8) is 0 Å². The Hall–Kier alpha value is -2.35. The summed E-state index contributed by atoms with van der Waals surface area (Å²) in [6, 6.07) is 5.89. The molecule has 5 nitrogen and oxygen atoms in total. The van der Waals surface area contributed by atoms with Gasteiger partial charge in [-0.05, 0) is 18.9 Å². The predicted octanol–water partition coefficient (Wildman–Crippen LogP) is 2.06. The van der Waals surface area contributed by atoms with E-state index in [1.165, 1.54) is 12.1 Å². The molecular formula is C14H16N2O3. The molecule has 0 fully saturated rings. The highest BCUT2D eigenvalue weighted by molar-refractivity contribution is 5.79. The molecule has 0 aliphatic rings. The van der Waals surface area contributed by atoms with E-state index in [1.54, 1.807) is 19.1 Å². The number of rotatable bonds is 5. The van der Waals surface area contributed by atoms with Crippen LogP contribution in [0.25, 0.3) is 0 Å². The first-order chi connectivity index (χ1) is 8.90. The standard InChI is InChI=1S/C14H16N2O3/c1-4-14(3,5-2)15-13(17)10-11-6-8-12(9-7-11)16(18)19/h1,6-9H,5,10H2,2-3H3,(H,15,17)/t14-/m1/s1. The van der Waals surface area contributed by atoms with Crippen LogP contribution in [0.15, 0.2) is 24.3 Å². The van der Waals surface area contributed by atoms with Gasteiger partial charge in [0.15, 0.2) is 0 Å². The second kappa shape index (κ2) is 6.01. The van der Waals surface area contributed by atoms with Crippen LogP contribution in [-0.2, 0) is 11.2 Å². The molecule has 1 N–H and O–H groups in total. The summed E-state index contributed by atoms with van der Waals surface area (Å²) in [5.74, 6) is 2.35. The number of benzene rings is 1. The summed E-state index contributed by atoms with van der Waals surface area (Å²) in [7, 11) is 0. The van der Waals surface area contributed by atoms with Crippen molar-refractivity contribution in [1.29, 1.82) is 0 Å². The minimum atomic E-state index is -0.655. The molecule has 0 saturated carbocycles. The number of nitro groups is 1. The lowest BCUT2D eigenvalue weighted by Crippen LogP contribution is -2.44. The Morgan fingerprint density at radius 1 is 1.47 bits per heavy atom. The van der Waals surface area contributed by atoms with Gasteiger partial charge in [0.25, 0.3) is 5.69 Å². The van der Waals surface area contributed by atoms with Gasteiger partial charge in [0.2, 0.25) is 5.91 Å². The normalized spacial score (nSPS) is 13.1. The maximum atomic E-state index is 11.8. The van der Waals surface area contributed by atoms with Crippen molar-refractivity contribution < 1.29 is 9.72 Å². The first-order valence-corrected chi connectivity index (χ1v) is 5.92. The molecule has 0 spiro atoms. The van der Waals surface area contributed by atoms with Crippen LogP contribution < -0.4 is 5.32 Å². The molecule has 0 heterocycles. The molecule has 19 heavy (non-hydrogen) atoms. The first kappa shape index (κ1) is 14.7. The van der Waals surface area contributed by atoms with Gasteiger partial charge in [-0.25, -0.2) is 0 Å². The topological polar surface area (TPSA) is 72.2 Å². The van der Waals surface area contributed by atoms with Crippen LogP contribution in [-0.4, -0.2) is 16.4 Å². The smallest absolute Gasteiger partial charge is 0.269 e. The highest BCUT2D eigenvalue weighted by atomic mass is 16.6. The monoisotopic (exact) mass is 260 g/mol. The van der Waals surface area contributed by atoms with E-state index in [1.807, 2.05) is 6.92 Å². The van der Waals surface area contributed by atoms with Crippen LogP contribution in [0.3, 0.4) is 0 Å². The van der Waals surface area contributed by atoms with E-state index in [0.717, 1.165) is 0 Å². The fourth-order valence-corrected chi connectivity index (χ4v) is 1.50. The van der Waals surface area contributed by atoms with Crippen molar-refractivity contribution in [2.75, 3.05) is 0 Å². The summed E-state index contributed by atoms with van der Waals surface area (Å²) < 4.78 is 0. The zero-order valence-electron chi connectivity index (χ0n) is 11.0. The summed E-state index contributed by atoms with van der Waals surface area (Å²) in [6.45, 7) is 3.67. The van der Waals surface area contributed by atoms with Crippen molar-refractivity contribution in [3.8, 4) is 12.3 Å².